The molecule has 1 fully saturated rings. The number of nitrogens with one attached hydrogen (secondary N) is 1. The Hall–Kier alpha value is -1.31. The third-order valence-electron chi connectivity index (χ3n) is 4.90. The summed E-state index contributed by atoms with van der Waals surface area (Å²) in [4.78, 5) is 12.8. The molecule has 29 heavy (non-hydrogen) atoms. The summed E-state index contributed by atoms with van der Waals surface area (Å²) < 4.78 is 27.9. The highest BCUT2D eigenvalue weighted by Gasteiger charge is 2.34. The van der Waals surface area contributed by atoms with Crippen molar-refractivity contribution >= 4 is 56.4 Å². The Morgan fingerprint density at radius 1 is 0.966 bits per heavy atom. The number of hydrogen-bond acceptors (Lipinski definition) is 3. The minimum Gasteiger partial charge on any atom is -0.324 e. The van der Waals surface area contributed by atoms with Crippen molar-refractivity contribution in [2.45, 2.75) is 43.0 Å². The van der Waals surface area contributed by atoms with Crippen LogP contribution in [0.1, 0.15) is 32.1 Å². The predicted octanol–water partition coefficient (Wildman–Crippen LogP) is 5.61. The smallest absolute Gasteiger partial charge is 0.243 e. The summed E-state index contributed by atoms with van der Waals surface area (Å²) in [6.07, 6.45) is 4.36. The van der Waals surface area contributed by atoms with Gasteiger partial charge in [0.25, 0.3) is 0 Å². The SMILES string of the molecule is O=C(CN(C1CCCCC1)S(=O)(=O)c1ccc(Cl)cc1)Nc1cc(Cl)ccc1Cl. The van der Waals surface area contributed by atoms with Crippen LogP contribution in [0.5, 0.6) is 0 Å². The van der Waals surface area contributed by atoms with Crippen LogP contribution in [-0.4, -0.2) is 31.2 Å². The average Bonchev–Trinajstić information content (AvgIpc) is 2.70. The molecule has 0 radical (unpaired) electrons. The monoisotopic (exact) mass is 474 g/mol. The molecule has 0 spiro atoms. The van der Waals surface area contributed by atoms with Gasteiger partial charge in [-0.3, -0.25) is 4.79 Å². The Morgan fingerprint density at radius 3 is 2.24 bits per heavy atom. The van der Waals surface area contributed by atoms with Crippen LogP contribution in [0.3, 0.4) is 0 Å². The molecule has 0 aliphatic heterocycles. The number of sulfonamides is 1. The molecule has 0 bridgehead atoms. The lowest BCUT2D eigenvalue weighted by molar-refractivity contribution is -0.116. The Kier molecular flexibility index (Phi) is 7.46. The fraction of sp³-hybridized carbons (Fsp3) is 0.350. The zero-order valence-corrected chi connectivity index (χ0v) is 18.7. The van der Waals surface area contributed by atoms with Gasteiger partial charge in [0.1, 0.15) is 0 Å². The summed E-state index contributed by atoms with van der Waals surface area (Å²) in [5, 5.41) is 3.86. The van der Waals surface area contributed by atoms with Crippen LogP contribution < -0.4 is 5.32 Å². The van der Waals surface area contributed by atoms with E-state index in [2.05, 4.69) is 5.32 Å². The van der Waals surface area contributed by atoms with E-state index < -0.39 is 15.9 Å². The van der Waals surface area contributed by atoms with E-state index in [-0.39, 0.29) is 17.5 Å². The first-order valence-corrected chi connectivity index (χ1v) is 11.9. The first-order valence-electron chi connectivity index (χ1n) is 9.29. The molecular formula is C20H21Cl3N2O3S. The van der Waals surface area contributed by atoms with Crippen molar-refractivity contribution in [3.8, 4) is 0 Å². The summed E-state index contributed by atoms with van der Waals surface area (Å²) in [5.41, 5.74) is 0.344. The number of nitrogens with zero attached hydrogens (tertiary/aromatic N) is 1. The fourth-order valence-electron chi connectivity index (χ4n) is 3.45. The van der Waals surface area contributed by atoms with E-state index in [1.54, 1.807) is 12.1 Å². The molecule has 1 saturated carbocycles. The molecule has 156 valence electrons. The summed E-state index contributed by atoms with van der Waals surface area (Å²) in [5.74, 6) is -0.475. The number of anilines is 1. The van der Waals surface area contributed by atoms with Crippen LogP contribution in [0.15, 0.2) is 47.4 Å². The molecule has 3 rings (SSSR count). The van der Waals surface area contributed by atoms with Gasteiger partial charge >= 0.3 is 0 Å². The maximum absolute atomic E-state index is 13.3. The first-order chi connectivity index (χ1) is 13.8. The molecule has 5 nitrogen and oxygen atoms in total. The first kappa shape index (κ1) is 22.4. The maximum Gasteiger partial charge on any atom is 0.243 e. The van der Waals surface area contributed by atoms with Gasteiger partial charge in [-0.1, -0.05) is 54.1 Å². The number of rotatable bonds is 6. The predicted molar refractivity (Wildman–Crippen MR) is 117 cm³/mol. The van der Waals surface area contributed by atoms with Gasteiger partial charge in [-0.05, 0) is 55.3 Å². The standard InChI is InChI=1S/C20H21Cl3N2O3S/c21-14-6-9-17(10-7-14)29(27,28)25(16-4-2-1-3-5-16)13-20(26)24-19-12-15(22)8-11-18(19)23/h6-12,16H,1-5,13H2,(H,24,26). The number of hydrogen-bond donors (Lipinski definition) is 1. The highest BCUT2D eigenvalue weighted by Crippen LogP contribution is 2.29. The van der Waals surface area contributed by atoms with Gasteiger partial charge in [0.2, 0.25) is 15.9 Å². The molecule has 0 unspecified atom stereocenters. The van der Waals surface area contributed by atoms with Crippen LogP contribution in [0.25, 0.3) is 0 Å². The van der Waals surface area contributed by atoms with E-state index in [1.807, 2.05) is 0 Å². The third kappa shape index (κ3) is 5.64. The van der Waals surface area contributed by atoms with Gasteiger partial charge in [-0.25, -0.2) is 8.42 Å². The molecule has 0 aromatic heterocycles. The summed E-state index contributed by atoms with van der Waals surface area (Å²) in [6.45, 7) is -0.307. The van der Waals surface area contributed by atoms with Gasteiger partial charge in [0.15, 0.2) is 0 Å². The van der Waals surface area contributed by atoms with Crippen LogP contribution in [0.4, 0.5) is 5.69 Å². The zero-order valence-electron chi connectivity index (χ0n) is 15.6. The van der Waals surface area contributed by atoms with Crippen LogP contribution in [-0.2, 0) is 14.8 Å². The second kappa shape index (κ2) is 9.67. The lowest BCUT2D eigenvalue weighted by Gasteiger charge is -2.33. The molecule has 1 aliphatic carbocycles. The lowest BCUT2D eigenvalue weighted by Crippen LogP contribution is -2.45. The number of carbonyl (C=O) groups is 1. The molecule has 1 N–H and O–H groups in total. The molecule has 0 heterocycles. The summed E-state index contributed by atoms with van der Waals surface area (Å²) in [7, 11) is -3.87. The second-order valence-electron chi connectivity index (χ2n) is 6.97. The van der Waals surface area contributed by atoms with E-state index in [1.165, 1.54) is 34.6 Å². The van der Waals surface area contributed by atoms with Crippen molar-refractivity contribution in [3.05, 3.63) is 57.5 Å². The molecule has 2 aromatic carbocycles. The Labute approximate surface area is 186 Å². The fourth-order valence-corrected chi connectivity index (χ4v) is 5.55. The van der Waals surface area contributed by atoms with Gasteiger partial charge in [0.05, 0.1) is 22.2 Å². The summed E-state index contributed by atoms with van der Waals surface area (Å²) in [6, 6.07) is 10.4. The van der Waals surface area contributed by atoms with Gasteiger partial charge in [-0.2, -0.15) is 4.31 Å². The molecule has 9 heteroatoms. The molecule has 1 aliphatic rings. The van der Waals surface area contributed by atoms with Crippen LogP contribution in [0.2, 0.25) is 15.1 Å². The van der Waals surface area contributed by atoms with E-state index in [0.29, 0.717) is 20.8 Å². The zero-order chi connectivity index (χ0) is 21.0. The summed E-state index contributed by atoms with van der Waals surface area (Å²) >= 11 is 18.0. The number of benzene rings is 2. The highest BCUT2D eigenvalue weighted by molar-refractivity contribution is 7.89. The van der Waals surface area contributed by atoms with Crippen LogP contribution in [0, 0.1) is 0 Å². The molecule has 1 amide bonds. The van der Waals surface area contributed by atoms with Crippen molar-refractivity contribution in [2.75, 3.05) is 11.9 Å². The molecule has 0 saturated heterocycles. The topological polar surface area (TPSA) is 66.5 Å². The average molecular weight is 476 g/mol. The maximum atomic E-state index is 13.3. The normalized spacial score (nSPS) is 15.4. The second-order valence-corrected chi connectivity index (χ2v) is 10.1. The Bertz CT molecular complexity index is 975. The minimum atomic E-state index is -3.87. The number of amides is 1. The largest absolute Gasteiger partial charge is 0.324 e. The van der Waals surface area contributed by atoms with E-state index in [4.69, 9.17) is 34.8 Å². The van der Waals surface area contributed by atoms with Crippen LogP contribution >= 0.6 is 34.8 Å². The van der Waals surface area contributed by atoms with Crippen molar-refractivity contribution in [3.63, 3.8) is 0 Å². The quantitative estimate of drug-likeness (QED) is 0.590. The van der Waals surface area contributed by atoms with Crippen molar-refractivity contribution in [1.29, 1.82) is 0 Å². The third-order valence-corrected chi connectivity index (χ3v) is 7.63. The van der Waals surface area contributed by atoms with Crippen molar-refractivity contribution < 1.29 is 13.2 Å². The number of carbonyl (C=O) groups excluding carboxylic acids is 1. The lowest BCUT2D eigenvalue weighted by atomic mass is 9.95. The van der Waals surface area contributed by atoms with E-state index in [0.717, 1.165) is 32.1 Å². The van der Waals surface area contributed by atoms with Gasteiger partial charge in [0, 0.05) is 16.1 Å². The van der Waals surface area contributed by atoms with Gasteiger partial charge < -0.3 is 5.32 Å². The molecule has 0 atom stereocenters. The molecule has 2 aromatic rings. The van der Waals surface area contributed by atoms with Crippen molar-refractivity contribution in [1.82, 2.24) is 4.31 Å². The van der Waals surface area contributed by atoms with Gasteiger partial charge in [-0.15, -0.1) is 0 Å². The van der Waals surface area contributed by atoms with Crippen molar-refractivity contribution in [2.24, 2.45) is 0 Å². The van der Waals surface area contributed by atoms with E-state index in [9.17, 15) is 13.2 Å². The number of halogens is 3. The highest BCUT2D eigenvalue weighted by atomic mass is 35.5. The van der Waals surface area contributed by atoms with E-state index >= 15 is 0 Å². The minimum absolute atomic E-state index is 0.112. The molecular weight excluding hydrogens is 455 g/mol. The Balaban J connectivity index is 1.86. The Morgan fingerprint density at radius 2 is 1.59 bits per heavy atom.